The maximum atomic E-state index is 13.8. The fourth-order valence-electron chi connectivity index (χ4n) is 6.83. The Morgan fingerprint density at radius 1 is 0.900 bits per heavy atom. The van der Waals surface area contributed by atoms with Crippen LogP contribution in [-0.4, -0.2) is 46.6 Å². The summed E-state index contributed by atoms with van der Waals surface area (Å²) in [5.41, 5.74) is 5.56. The standard InChI is InChI=1S/C33H31BO6/c35-19-23-17-27-31(33(38)26-9-5-4-8-25(26)32(27)37)28-18-34(39)40-29(30(23)28)15-12-22(21-6-2-1-3-7-21)16-20-10-13-24(36)14-11-20/h1-11,13-14,16,27-29,31,35-36,39H,12,15,17-19H2/b22-16-/t27-,28+,29-,31-/m1/s1. The summed E-state index contributed by atoms with van der Waals surface area (Å²) in [5.74, 6) is -1.42. The van der Waals surface area contributed by atoms with Crippen molar-refractivity contribution in [2.45, 2.75) is 31.7 Å². The topological polar surface area (TPSA) is 104 Å². The number of carbonyl (C=O) groups excluding carboxylic acids is 2. The van der Waals surface area contributed by atoms with Crippen LogP contribution in [0.1, 0.15) is 51.1 Å². The highest BCUT2D eigenvalue weighted by Crippen LogP contribution is 2.51. The molecule has 4 atom stereocenters. The maximum Gasteiger partial charge on any atom is 0.455 e. The highest BCUT2D eigenvalue weighted by Gasteiger charge is 2.53. The molecule has 40 heavy (non-hydrogen) atoms. The van der Waals surface area contributed by atoms with Crippen molar-refractivity contribution in [1.29, 1.82) is 0 Å². The molecule has 1 fully saturated rings. The van der Waals surface area contributed by atoms with E-state index in [0.29, 0.717) is 30.4 Å². The minimum atomic E-state index is -1.07. The van der Waals surface area contributed by atoms with Gasteiger partial charge < -0.3 is 19.9 Å². The van der Waals surface area contributed by atoms with Gasteiger partial charge in [-0.05, 0) is 71.5 Å². The van der Waals surface area contributed by atoms with Crippen molar-refractivity contribution >= 4 is 30.3 Å². The van der Waals surface area contributed by atoms with Crippen LogP contribution in [0.25, 0.3) is 11.6 Å². The molecule has 0 saturated carbocycles. The lowest BCUT2D eigenvalue weighted by molar-refractivity contribution is 0.0591. The zero-order chi connectivity index (χ0) is 27.8. The van der Waals surface area contributed by atoms with Gasteiger partial charge in [0, 0.05) is 23.0 Å². The lowest BCUT2D eigenvalue weighted by Gasteiger charge is -2.47. The molecule has 0 aromatic heterocycles. The molecule has 1 aliphatic heterocycles. The Hall–Kier alpha value is -3.78. The molecule has 3 aromatic carbocycles. The first-order valence-corrected chi connectivity index (χ1v) is 13.8. The van der Waals surface area contributed by atoms with Crippen LogP contribution in [0, 0.1) is 17.8 Å². The van der Waals surface area contributed by atoms with E-state index >= 15 is 0 Å². The second kappa shape index (κ2) is 11.0. The number of hydrogen-bond acceptors (Lipinski definition) is 6. The molecule has 0 spiro atoms. The van der Waals surface area contributed by atoms with Gasteiger partial charge in [0.25, 0.3) is 0 Å². The lowest BCUT2D eigenvalue weighted by Crippen LogP contribution is -2.51. The van der Waals surface area contributed by atoms with E-state index in [9.17, 15) is 24.8 Å². The predicted molar refractivity (Wildman–Crippen MR) is 154 cm³/mol. The summed E-state index contributed by atoms with van der Waals surface area (Å²) in [6.45, 7) is -0.219. The highest BCUT2D eigenvalue weighted by molar-refractivity contribution is 6.43. The fourth-order valence-corrected chi connectivity index (χ4v) is 6.83. The SMILES string of the molecule is O=C1c2ccccc2C(=O)[C@@H]2CC(CO)=C3[C@@H](CC/C(=C/c4ccc(O)cc4)c4ccccc4)OB(O)C[C@@H]3[C@H]12. The third-order valence-electron chi connectivity index (χ3n) is 8.61. The monoisotopic (exact) mass is 534 g/mol. The third kappa shape index (κ3) is 4.85. The molecule has 3 aromatic rings. The summed E-state index contributed by atoms with van der Waals surface area (Å²) in [5, 5.41) is 30.9. The van der Waals surface area contributed by atoms with E-state index in [1.165, 1.54) is 0 Å². The molecule has 0 amide bonds. The van der Waals surface area contributed by atoms with Crippen molar-refractivity contribution in [1.82, 2.24) is 0 Å². The number of aliphatic hydroxyl groups is 1. The van der Waals surface area contributed by atoms with E-state index in [4.69, 9.17) is 4.65 Å². The van der Waals surface area contributed by atoms with E-state index in [1.54, 1.807) is 36.4 Å². The number of ketones is 2. The largest absolute Gasteiger partial charge is 0.508 e. The number of rotatable bonds is 6. The molecule has 202 valence electrons. The van der Waals surface area contributed by atoms with Crippen LogP contribution in [0.2, 0.25) is 6.32 Å². The Labute approximate surface area is 233 Å². The Morgan fingerprint density at radius 2 is 1.57 bits per heavy atom. The maximum absolute atomic E-state index is 13.8. The van der Waals surface area contributed by atoms with Gasteiger partial charge in [-0.1, -0.05) is 72.8 Å². The normalized spacial score (nSPS) is 24.4. The molecule has 0 radical (unpaired) electrons. The van der Waals surface area contributed by atoms with E-state index in [0.717, 1.165) is 27.8 Å². The number of fused-ring (bicyclic) bond motifs is 4. The molecular weight excluding hydrogens is 503 g/mol. The molecule has 0 unspecified atom stereocenters. The number of phenolic OH excluding ortho intramolecular Hbond substituents is 1. The van der Waals surface area contributed by atoms with Crippen LogP contribution in [0.5, 0.6) is 5.75 Å². The van der Waals surface area contributed by atoms with Crippen LogP contribution in [0.3, 0.4) is 0 Å². The van der Waals surface area contributed by atoms with Crippen LogP contribution in [0.15, 0.2) is 90.0 Å². The summed E-state index contributed by atoms with van der Waals surface area (Å²) in [6, 6.07) is 24.0. The Kier molecular flexibility index (Phi) is 7.28. The second-order valence-corrected chi connectivity index (χ2v) is 10.9. The molecule has 3 aliphatic rings. The smallest absolute Gasteiger partial charge is 0.455 e. The van der Waals surface area contributed by atoms with Gasteiger partial charge in [-0.25, -0.2) is 0 Å². The van der Waals surface area contributed by atoms with Crippen LogP contribution < -0.4 is 0 Å². The van der Waals surface area contributed by atoms with Crippen molar-refractivity contribution in [3.05, 3.63) is 112 Å². The van der Waals surface area contributed by atoms with Crippen LogP contribution in [0.4, 0.5) is 0 Å². The quantitative estimate of drug-likeness (QED) is 0.228. The average molecular weight is 534 g/mol. The molecule has 0 bridgehead atoms. The molecular formula is C33H31BO6. The lowest BCUT2D eigenvalue weighted by atomic mass is 9.54. The second-order valence-electron chi connectivity index (χ2n) is 10.9. The van der Waals surface area contributed by atoms with Crippen molar-refractivity contribution < 1.29 is 29.5 Å². The summed E-state index contributed by atoms with van der Waals surface area (Å²) in [6.07, 6.45) is 3.25. The van der Waals surface area contributed by atoms with Gasteiger partial charge in [0.2, 0.25) is 0 Å². The van der Waals surface area contributed by atoms with Crippen molar-refractivity contribution in [2.24, 2.45) is 17.8 Å². The van der Waals surface area contributed by atoms with Gasteiger partial charge in [0.15, 0.2) is 11.6 Å². The Morgan fingerprint density at radius 3 is 2.27 bits per heavy atom. The number of Topliss-reactive ketones (excluding diaryl/α,β-unsaturated/α-hetero) is 2. The Bertz CT molecular complexity index is 1490. The number of hydrogen-bond donors (Lipinski definition) is 3. The molecule has 6 nitrogen and oxygen atoms in total. The molecule has 1 heterocycles. The van der Waals surface area contributed by atoms with E-state index in [-0.39, 0.29) is 36.2 Å². The van der Waals surface area contributed by atoms with Gasteiger partial charge in [0.05, 0.1) is 12.7 Å². The van der Waals surface area contributed by atoms with Gasteiger partial charge >= 0.3 is 7.12 Å². The summed E-state index contributed by atoms with van der Waals surface area (Å²) in [7, 11) is -1.07. The Balaban J connectivity index is 1.34. The molecule has 3 N–H and O–H groups in total. The number of benzene rings is 3. The summed E-state index contributed by atoms with van der Waals surface area (Å²) >= 11 is 0. The molecule has 6 rings (SSSR count). The first kappa shape index (κ1) is 26.4. The summed E-state index contributed by atoms with van der Waals surface area (Å²) in [4.78, 5) is 27.2. The fraction of sp³-hybridized carbons (Fsp3) is 0.273. The first-order valence-electron chi connectivity index (χ1n) is 13.8. The number of allylic oxidation sites excluding steroid dienone is 1. The number of phenols is 1. The number of carbonyl (C=O) groups is 2. The molecule has 2 aliphatic carbocycles. The van der Waals surface area contributed by atoms with Crippen molar-refractivity contribution in [3.8, 4) is 5.75 Å². The minimum Gasteiger partial charge on any atom is -0.508 e. The first-order chi connectivity index (χ1) is 19.4. The van der Waals surface area contributed by atoms with Gasteiger partial charge in [-0.15, -0.1) is 0 Å². The van der Waals surface area contributed by atoms with Crippen molar-refractivity contribution in [3.63, 3.8) is 0 Å². The van der Waals surface area contributed by atoms with Crippen LogP contribution in [-0.2, 0) is 4.65 Å². The van der Waals surface area contributed by atoms with Gasteiger partial charge in [-0.2, -0.15) is 0 Å². The molecule has 7 heteroatoms. The minimum absolute atomic E-state index is 0.0640. The molecule has 1 saturated heterocycles. The van der Waals surface area contributed by atoms with Crippen LogP contribution >= 0.6 is 0 Å². The number of aromatic hydroxyl groups is 1. The van der Waals surface area contributed by atoms with Gasteiger partial charge in [0.1, 0.15) is 5.75 Å². The zero-order valence-electron chi connectivity index (χ0n) is 22.1. The van der Waals surface area contributed by atoms with E-state index in [1.807, 2.05) is 42.5 Å². The van der Waals surface area contributed by atoms with E-state index in [2.05, 4.69) is 6.08 Å². The third-order valence-corrected chi connectivity index (χ3v) is 8.61. The zero-order valence-corrected chi connectivity index (χ0v) is 22.1. The van der Waals surface area contributed by atoms with Gasteiger partial charge in [-0.3, -0.25) is 9.59 Å². The van der Waals surface area contributed by atoms with Crippen molar-refractivity contribution in [2.75, 3.05) is 6.61 Å². The highest BCUT2D eigenvalue weighted by atomic mass is 16.5. The number of aliphatic hydroxyl groups excluding tert-OH is 1. The average Bonchev–Trinajstić information content (AvgIpc) is 2.98. The van der Waals surface area contributed by atoms with E-state index < -0.39 is 25.1 Å². The summed E-state index contributed by atoms with van der Waals surface area (Å²) < 4.78 is 6.08. The predicted octanol–water partition coefficient (Wildman–Crippen LogP) is 5.21.